The van der Waals surface area contributed by atoms with Crippen LogP contribution in [0, 0.1) is 5.82 Å². The quantitative estimate of drug-likeness (QED) is 0.701. The minimum atomic E-state index is -0.303. The minimum Gasteiger partial charge on any atom is -0.272 e. The van der Waals surface area contributed by atoms with Gasteiger partial charge in [0, 0.05) is 13.6 Å². The van der Waals surface area contributed by atoms with Crippen LogP contribution in [-0.4, -0.2) is 18.0 Å². The lowest BCUT2D eigenvalue weighted by atomic mass is 9.93. The molecule has 1 unspecified atom stereocenters. The molecule has 0 N–H and O–H groups in total. The molecule has 3 aromatic carbocycles. The largest absolute Gasteiger partial charge is 0.272 e. The Bertz CT molecular complexity index is 924. The van der Waals surface area contributed by atoms with Gasteiger partial charge in [-0.3, -0.25) is 4.79 Å². The summed E-state index contributed by atoms with van der Waals surface area (Å²) in [7, 11) is 1.88. The van der Waals surface area contributed by atoms with E-state index in [1.54, 1.807) is 17.1 Å². The zero-order chi connectivity index (χ0) is 18.1. The lowest BCUT2D eigenvalue weighted by molar-refractivity contribution is -0.121. The molecule has 0 aromatic heterocycles. The molecule has 1 atom stereocenters. The zero-order valence-corrected chi connectivity index (χ0v) is 14.5. The average Bonchev–Trinajstić information content (AvgIpc) is 2.96. The molecule has 1 aliphatic heterocycles. The Labute approximate surface area is 152 Å². The van der Waals surface area contributed by atoms with E-state index < -0.39 is 0 Å². The number of nitrogens with zero attached hydrogens (tertiary/aromatic N) is 2. The molecule has 3 nitrogen and oxygen atoms in total. The Morgan fingerprint density at radius 1 is 0.923 bits per heavy atom. The van der Waals surface area contributed by atoms with Crippen LogP contribution in [0.1, 0.15) is 22.6 Å². The van der Waals surface area contributed by atoms with Crippen molar-refractivity contribution in [2.24, 2.45) is 0 Å². The van der Waals surface area contributed by atoms with Crippen LogP contribution < -0.4 is 5.01 Å². The van der Waals surface area contributed by atoms with Crippen LogP contribution in [-0.2, 0) is 11.3 Å². The van der Waals surface area contributed by atoms with Crippen LogP contribution in [0.25, 0.3) is 0 Å². The molecule has 130 valence electrons. The van der Waals surface area contributed by atoms with Crippen LogP contribution in [0.3, 0.4) is 0 Å². The fourth-order valence-electron chi connectivity index (χ4n) is 3.54. The minimum absolute atomic E-state index is 0.0296. The first-order chi connectivity index (χ1) is 12.6. The number of benzene rings is 3. The summed E-state index contributed by atoms with van der Waals surface area (Å²) in [6.45, 7) is 0.516. The van der Waals surface area contributed by atoms with E-state index in [0.29, 0.717) is 6.54 Å². The number of amides is 1. The number of hydrogen-bond acceptors (Lipinski definition) is 2. The first-order valence-electron chi connectivity index (χ1n) is 8.58. The smallest absolute Gasteiger partial charge is 0.253 e. The molecule has 0 saturated carbocycles. The van der Waals surface area contributed by atoms with Crippen molar-refractivity contribution in [2.75, 3.05) is 12.1 Å². The Kier molecular flexibility index (Phi) is 4.27. The third kappa shape index (κ3) is 2.89. The molecule has 0 spiro atoms. The van der Waals surface area contributed by atoms with Crippen molar-refractivity contribution in [2.45, 2.75) is 12.5 Å². The van der Waals surface area contributed by atoms with E-state index in [4.69, 9.17) is 0 Å². The lowest BCUT2D eigenvalue weighted by Gasteiger charge is -2.29. The third-order valence-corrected chi connectivity index (χ3v) is 4.73. The Morgan fingerprint density at radius 3 is 2.31 bits per heavy atom. The first-order valence-corrected chi connectivity index (χ1v) is 8.58. The molecule has 4 heteroatoms. The number of hydrazine groups is 1. The molecule has 0 radical (unpaired) electrons. The van der Waals surface area contributed by atoms with E-state index in [9.17, 15) is 9.18 Å². The number of anilines is 1. The van der Waals surface area contributed by atoms with Gasteiger partial charge in [-0.25, -0.2) is 14.4 Å². The van der Waals surface area contributed by atoms with Gasteiger partial charge in [-0.2, -0.15) is 0 Å². The molecular formula is C22H19FN2O. The highest BCUT2D eigenvalue weighted by molar-refractivity contribution is 6.06. The van der Waals surface area contributed by atoms with E-state index in [1.807, 2.05) is 66.7 Å². The highest BCUT2D eigenvalue weighted by atomic mass is 19.1. The van der Waals surface area contributed by atoms with Gasteiger partial charge in [-0.05, 0) is 34.9 Å². The summed E-state index contributed by atoms with van der Waals surface area (Å²) in [4.78, 5) is 13.3. The Balaban J connectivity index is 1.68. The summed E-state index contributed by atoms with van der Waals surface area (Å²) in [5, 5.41) is 3.62. The summed E-state index contributed by atoms with van der Waals surface area (Å²) in [5.74, 6) is -0.534. The molecule has 0 aliphatic carbocycles. The van der Waals surface area contributed by atoms with Crippen LogP contribution in [0.5, 0.6) is 0 Å². The molecule has 0 fully saturated rings. The molecule has 1 aliphatic rings. The number of carbonyl (C=O) groups is 1. The van der Waals surface area contributed by atoms with Gasteiger partial charge in [-0.15, -0.1) is 0 Å². The third-order valence-electron chi connectivity index (χ3n) is 4.73. The number of carbonyl (C=O) groups excluding carboxylic acids is 1. The summed E-state index contributed by atoms with van der Waals surface area (Å²) < 4.78 is 13.1. The number of hydrogen-bond donors (Lipinski definition) is 0. The first kappa shape index (κ1) is 16.5. The molecule has 0 saturated heterocycles. The van der Waals surface area contributed by atoms with Crippen LogP contribution >= 0.6 is 0 Å². The molecule has 1 heterocycles. The standard InChI is InChI=1S/C22H19FN2O/c1-24(15-16-11-13-18(23)14-12-16)25-20-10-6-5-9-19(20)21(22(25)26)17-7-3-2-4-8-17/h2-14,21H,15H2,1H3. The molecule has 1 amide bonds. The summed E-state index contributed by atoms with van der Waals surface area (Å²) >= 11 is 0. The second-order valence-corrected chi connectivity index (χ2v) is 6.49. The Morgan fingerprint density at radius 2 is 1.58 bits per heavy atom. The van der Waals surface area contributed by atoms with Crippen LogP contribution in [0.15, 0.2) is 78.9 Å². The van der Waals surface area contributed by atoms with Gasteiger partial charge in [0.2, 0.25) is 0 Å². The normalized spacial score (nSPS) is 16.2. The van der Waals surface area contributed by atoms with E-state index in [-0.39, 0.29) is 17.6 Å². The zero-order valence-electron chi connectivity index (χ0n) is 14.5. The maximum Gasteiger partial charge on any atom is 0.253 e. The van der Waals surface area contributed by atoms with E-state index >= 15 is 0 Å². The average molecular weight is 346 g/mol. The summed E-state index contributed by atoms with van der Waals surface area (Å²) in [5.41, 5.74) is 3.84. The van der Waals surface area contributed by atoms with Crippen molar-refractivity contribution in [1.29, 1.82) is 0 Å². The fraction of sp³-hybridized carbons (Fsp3) is 0.136. The van der Waals surface area contributed by atoms with Crippen LogP contribution in [0.4, 0.5) is 10.1 Å². The van der Waals surface area contributed by atoms with Gasteiger partial charge in [0.25, 0.3) is 5.91 Å². The molecule has 0 bridgehead atoms. The lowest BCUT2D eigenvalue weighted by Crippen LogP contribution is -2.42. The van der Waals surface area contributed by atoms with Gasteiger partial charge < -0.3 is 0 Å². The maximum absolute atomic E-state index is 13.3. The topological polar surface area (TPSA) is 23.6 Å². The number of fused-ring (bicyclic) bond motifs is 1. The summed E-state index contributed by atoms with van der Waals surface area (Å²) in [6, 6.07) is 24.1. The van der Waals surface area contributed by atoms with Crippen molar-refractivity contribution in [1.82, 2.24) is 5.01 Å². The predicted molar refractivity (Wildman–Crippen MR) is 100 cm³/mol. The molecule has 3 aromatic rings. The monoisotopic (exact) mass is 346 g/mol. The second-order valence-electron chi connectivity index (χ2n) is 6.49. The highest BCUT2D eigenvalue weighted by Gasteiger charge is 2.39. The Hall–Kier alpha value is -2.98. The van der Waals surface area contributed by atoms with Crippen molar-refractivity contribution < 1.29 is 9.18 Å². The summed E-state index contributed by atoms with van der Waals surface area (Å²) in [6.07, 6.45) is 0. The van der Waals surface area contributed by atoms with E-state index in [0.717, 1.165) is 22.4 Å². The van der Waals surface area contributed by atoms with E-state index in [2.05, 4.69) is 0 Å². The SMILES string of the molecule is CN(Cc1ccc(F)cc1)N1C(=O)C(c2ccccc2)c2ccccc21. The van der Waals surface area contributed by atoms with Gasteiger partial charge in [0.05, 0.1) is 11.6 Å². The van der Waals surface area contributed by atoms with Crippen molar-refractivity contribution in [3.63, 3.8) is 0 Å². The molecule has 26 heavy (non-hydrogen) atoms. The fourth-order valence-corrected chi connectivity index (χ4v) is 3.54. The van der Waals surface area contributed by atoms with Gasteiger partial charge in [0.1, 0.15) is 5.82 Å². The molecule has 4 rings (SSSR count). The van der Waals surface area contributed by atoms with Gasteiger partial charge >= 0.3 is 0 Å². The number of para-hydroxylation sites is 1. The maximum atomic E-state index is 13.3. The second kappa shape index (κ2) is 6.73. The van der Waals surface area contributed by atoms with Crippen molar-refractivity contribution in [3.05, 3.63) is 101 Å². The predicted octanol–water partition coefficient (Wildman–Crippen LogP) is 4.35. The van der Waals surface area contributed by atoms with Crippen molar-refractivity contribution in [3.8, 4) is 0 Å². The van der Waals surface area contributed by atoms with Crippen LogP contribution in [0.2, 0.25) is 0 Å². The van der Waals surface area contributed by atoms with E-state index in [1.165, 1.54) is 12.1 Å². The molecular weight excluding hydrogens is 327 g/mol. The number of rotatable bonds is 4. The number of halogens is 1. The van der Waals surface area contributed by atoms with Crippen molar-refractivity contribution >= 4 is 11.6 Å². The highest BCUT2D eigenvalue weighted by Crippen LogP contribution is 2.41. The van der Waals surface area contributed by atoms with Gasteiger partial charge in [-0.1, -0.05) is 60.7 Å². The van der Waals surface area contributed by atoms with Gasteiger partial charge in [0.15, 0.2) is 0 Å².